The molecule has 3 saturated heterocycles. The van der Waals surface area contributed by atoms with Crippen molar-refractivity contribution in [2.24, 2.45) is 44.8 Å². The molecule has 7 fully saturated rings. The van der Waals surface area contributed by atoms with Gasteiger partial charge in [-0.3, -0.25) is 4.79 Å². The molecule has 2 spiro atoms. The molecule has 270 valence electrons. The number of rotatable bonds is 3. The summed E-state index contributed by atoms with van der Waals surface area (Å²) in [5.74, 6) is -2.11. The van der Waals surface area contributed by atoms with E-state index in [4.69, 9.17) is 23.7 Å². The Morgan fingerprint density at radius 2 is 1.69 bits per heavy atom. The molecule has 0 radical (unpaired) electrons. The van der Waals surface area contributed by atoms with Crippen LogP contribution in [0.5, 0.6) is 0 Å². The first-order valence-corrected chi connectivity index (χ1v) is 18.2. The molecule has 0 aromatic carbocycles. The Morgan fingerprint density at radius 3 is 2.38 bits per heavy atom. The summed E-state index contributed by atoms with van der Waals surface area (Å²) in [5, 5.41) is 54.0. The third-order valence-electron chi connectivity index (χ3n) is 15.8. The van der Waals surface area contributed by atoms with Gasteiger partial charge in [0.1, 0.15) is 36.6 Å². The monoisotopic (exact) mass is 676 g/mol. The van der Waals surface area contributed by atoms with Crippen molar-refractivity contribution in [3.05, 3.63) is 11.6 Å². The van der Waals surface area contributed by atoms with Crippen LogP contribution in [-0.4, -0.2) is 105 Å². The van der Waals surface area contributed by atoms with Gasteiger partial charge in [0, 0.05) is 29.1 Å². The van der Waals surface area contributed by atoms with E-state index in [0.717, 1.165) is 32.1 Å². The lowest BCUT2D eigenvalue weighted by Gasteiger charge is -2.62. The average molecular weight is 677 g/mol. The van der Waals surface area contributed by atoms with Crippen molar-refractivity contribution in [1.29, 1.82) is 0 Å². The minimum Gasteiger partial charge on any atom is -0.462 e. The Morgan fingerprint density at radius 1 is 0.979 bits per heavy atom. The first kappa shape index (κ1) is 34.0. The van der Waals surface area contributed by atoms with Crippen LogP contribution in [-0.2, 0) is 28.5 Å². The largest absolute Gasteiger partial charge is 0.462 e. The molecule has 11 heteroatoms. The van der Waals surface area contributed by atoms with Crippen LogP contribution in [0.4, 0.5) is 0 Å². The summed E-state index contributed by atoms with van der Waals surface area (Å²) in [7, 11) is 0. The summed E-state index contributed by atoms with van der Waals surface area (Å²) in [5.41, 5.74) is -0.907. The lowest BCUT2D eigenvalue weighted by atomic mass is 9.44. The van der Waals surface area contributed by atoms with Crippen LogP contribution >= 0.6 is 0 Å². The number of aliphatic hydroxyl groups is 5. The fourth-order valence-electron chi connectivity index (χ4n) is 13.5. The van der Waals surface area contributed by atoms with Crippen molar-refractivity contribution >= 4 is 5.97 Å². The standard InChI is InChI=1S/C37H56O11/c1-17-25-20(47-37(43)28(17)48-32(5,6)30(37)42)13-33(7)22-10-9-21-31(3,4)23(46-29-27(41)26(40)19(39)15-44-29)11-12-35(21)16-36(22,35)14-24(34(25,33)8)45-18(2)38/h10,17,19-21,23-30,39-43H,9,11-16H2,1-8H3/t17-,19-,20-,21?,23-,24+,25-,26-,27+,28+,29-,30+,33-,34+,35?,36?,37-/m0/s1. The van der Waals surface area contributed by atoms with Gasteiger partial charge in [-0.25, -0.2) is 0 Å². The number of aliphatic hydroxyl groups excluding tert-OH is 4. The number of ether oxygens (including phenoxy) is 5. The molecule has 4 saturated carbocycles. The number of hydrogen-bond donors (Lipinski definition) is 5. The fourth-order valence-corrected chi connectivity index (χ4v) is 13.5. The summed E-state index contributed by atoms with van der Waals surface area (Å²) >= 11 is 0. The molecule has 3 aliphatic heterocycles. The Bertz CT molecular complexity index is 1410. The quantitative estimate of drug-likeness (QED) is 0.221. The van der Waals surface area contributed by atoms with Gasteiger partial charge in [-0.15, -0.1) is 0 Å². The van der Waals surface area contributed by atoms with Crippen LogP contribution in [0.15, 0.2) is 11.6 Å². The van der Waals surface area contributed by atoms with E-state index in [0.29, 0.717) is 6.42 Å². The minimum absolute atomic E-state index is 0.0107. The summed E-state index contributed by atoms with van der Waals surface area (Å²) in [6.07, 6.45) is -0.377. The first-order chi connectivity index (χ1) is 22.2. The minimum atomic E-state index is -1.82. The number of esters is 1. The van der Waals surface area contributed by atoms with E-state index in [1.807, 2.05) is 0 Å². The van der Waals surface area contributed by atoms with Crippen LogP contribution < -0.4 is 0 Å². The van der Waals surface area contributed by atoms with Gasteiger partial charge in [0.15, 0.2) is 6.29 Å². The first-order valence-electron chi connectivity index (χ1n) is 18.2. The van der Waals surface area contributed by atoms with Crippen LogP contribution in [0.3, 0.4) is 0 Å². The maximum atomic E-state index is 12.9. The molecule has 48 heavy (non-hydrogen) atoms. The van der Waals surface area contributed by atoms with Crippen LogP contribution in [0.2, 0.25) is 0 Å². The van der Waals surface area contributed by atoms with E-state index >= 15 is 0 Å². The third kappa shape index (κ3) is 3.89. The highest BCUT2D eigenvalue weighted by Crippen LogP contribution is 2.88. The predicted octanol–water partition coefficient (Wildman–Crippen LogP) is 2.58. The fraction of sp³-hybridized carbons (Fsp3) is 0.919. The van der Waals surface area contributed by atoms with Crippen molar-refractivity contribution in [1.82, 2.24) is 0 Å². The van der Waals surface area contributed by atoms with Gasteiger partial charge < -0.3 is 49.2 Å². The maximum absolute atomic E-state index is 12.9. The zero-order valence-electron chi connectivity index (χ0n) is 29.6. The highest BCUT2D eigenvalue weighted by Gasteiger charge is 2.85. The zero-order valence-corrected chi connectivity index (χ0v) is 29.6. The van der Waals surface area contributed by atoms with Crippen molar-refractivity contribution in [3.8, 4) is 0 Å². The number of hydrogen-bond acceptors (Lipinski definition) is 11. The summed E-state index contributed by atoms with van der Waals surface area (Å²) in [6, 6.07) is 0. The number of carbonyl (C=O) groups is 1. The molecule has 5 aliphatic carbocycles. The maximum Gasteiger partial charge on any atom is 0.302 e. The van der Waals surface area contributed by atoms with Gasteiger partial charge in [0.25, 0.3) is 0 Å². The molecular weight excluding hydrogens is 620 g/mol. The average Bonchev–Trinajstić information content (AvgIpc) is 3.52. The lowest BCUT2D eigenvalue weighted by molar-refractivity contribution is -0.329. The number of carbonyl (C=O) groups excluding carboxylic acids is 1. The molecule has 8 rings (SSSR count). The van der Waals surface area contributed by atoms with E-state index in [1.54, 1.807) is 13.8 Å². The van der Waals surface area contributed by atoms with Gasteiger partial charge in [-0.2, -0.15) is 0 Å². The van der Waals surface area contributed by atoms with E-state index in [-0.39, 0.29) is 64.9 Å². The molecule has 11 nitrogen and oxygen atoms in total. The van der Waals surface area contributed by atoms with Crippen molar-refractivity contribution in [3.63, 3.8) is 0 Å². The molecule has 0 bridgehead atoms. The number of fused-ring (bicyclic) bond motifs is 5. The van der Waals surface area contributed by atoms with Crippen molar-refractivity contribution in [2.45, 2.75) is 160 Å². The SMILES string of the molecule is CC(=O)O[C@@H]1CC23CC24CC[C@H](O[C@@H]2OC[C@H](O)[C@H](O)[C@H]2O)C(C)(C)C4CC=C3[C@]2(C)C[C@@H]3O[C@@]4(O)[C@H](OC(C)(C)[C@H]4O)[C@@H](C)[C@@H]3[C@@]12C. The number of allylic oxidation sites excluding steroid dienone is 2. The molecule has 3 heterocycles. The molecule has 3 unspecified atom stereocenters. The zero-order chi connectivity index (χ0) is 34.8. The Balaban J connectivity index is 1.15. The normalized spacial score (nSPS) is 58.7. The summed E-state index contributed by atoms with van der Waals surface area (Å²) < 4.78 is 31.5. The Hall–Kier alpha value is -1.15. The highest BCUT2D eigenvalue weighted by atomic mass is 16.7. The molecule has 8 aliphatic rings. The second-order valence-electron chi connectivity index (χ2n) is 18.5. The van der Waals surface area contributed by atoms with Crippen molar-refractivity contribution in [2.75, 3.05) is 6.61 Å². The highest BCUT2D eigenvalue weighted by molar-refractivity contribution is 5.66. The molecule has 5 N–H and O–H groups in total. The second-order valence-corrected chi connectivity index (χ2v) is 18.5. The third-order valence-corrected chi connectivity index (χ3v) is 15.8. The van der Waals surface area contributed by atoms with E-state index < -0.39 is 59.0 Å². The van der Waals surface area contributed by atoms with E-state index in [2.05, 4.69) is 40.7 Å². The molecule has 0 amide bonds. The van der Waals surface area contributed by atoms with Gasteiger partial charge in [0.2, 0.25) is 5.79 Å². The lowest BCUT2D eigenvalue weighted by Crippen LogP contribution is -2.64. The smallest absolute Gasteiger partial charge is 0.302 e. The van der Waals surface area contributed by atoms with Crippen molar-refractivity contribution < 1.29 is 54.0 Å². The Labute approximate surface area is 283 Å². The van der Waals surface area contributed by atoms with E-state index in [1.165, 1.54) is 12.5 Å². The van der Waals surface area contributed by atoms with Crippen LogP contribution in [0.1, 0.15) is 93.9 Å². The topological polar surface area (TPSA) is 164 Å². The van der Waals surface area contributed by atoms with Crippen LogP contribution in [0, 0.1) is 44.8 Å². The van der Waals surface area contributed by atoms with Gasteiger partial charge in [-0.1, -0.05) is 46.3 Å². The summed E-state index contributed by atoms with van der Waals surface area (Å²) in [6.45, 7) is 16.1. The summed E-state index contributed by atoms with van der Waals surface area (Å²) in [4.78, 5) is 12.9. The van der Waals surface area contributed by atoms with Gasteiger partial charge in [0.05, 0.1) is 24.4 Å². The molecular formula is C37H56O11. The van der Waals surface area contributed by atoms with Crippen LogP contribution in [0.25, 0.3) is 0 Å². The second kappa shape index (κ2) is 10.0. The van der Waals surface area contributed by atoms with Gasteiger partial charge in [-0.05, 0) is 75.0 Å². The van der Waals surface area contributed by atoms with E-state index in [9.17, 15) is 30.3 Å². The molecule has 17 atom stereocenters. The van der Waals surface area contributed by atoms with Gasteiger partial charge >= 0.3 is 5.97 Å². The molecule has 0 aromatic rings. The molecule has 0 aromatic heterocycles. The Kier molecular flexibility index (Phi) is 7.10. The predicted molar refractivity (Wildman–Crippen MR) is 170 cm³/mol.